The molecule has 1 fully saturated rings. The van der Waals surface area contributed by atoms with E-state index in [2.05, 4.69) is 5.32 Å². The van der Waals surface area contributed by atoms with Gasteiger partial charge in [-0.15, -0.1) is 0 Å². The molecule has 1 N–H and O–H groups in total. The molecule has 21 heavy (non-hydrogen) atoms. The zero-order valence-electron chi connectivity index (χ0n) is 11.7. The number of nitrogens with zero attached hydrogens (tertiary/aromatic N) is 1. The van der Waals surface area contributed by atoms with Crippen LogP contribution >= 0.6 is 0 Å². The number of rotatable bonds is 5. The summed E-state index contributed by atoms with van der Waals surface area (Å²) in [5.74, 6) is -0.826. The lowest BCUT2D eigenvalue weighted by atomic mass is 10.2. The minimum Gasteiger partial charge on any atom is -0.452 e. The second kappa shape index (κ2) is 5.90. The van der Waals surface area contributed by atoms with Gasteiger partial charge in [-0.25, -0.2) is 0 Å². The number of ether oxygens (including phenoxy) is 1. The van der Waals surface area contributed by atoms with Crippen molar-refractivity contribution >= 4 is 23.3 Å². The van der Waals surface area contributed by atoms with Crippen LogP contribution in [0.25, 0.3) is 0 Å². The highest BCUT2D eigenvalue weighted by atomic mass is 16.6. The van der Waals surface area contributed by atoms with Crippen LogP contribution in [0.1, 0.15) is 20.3 Å². The Balaban J connectivity index is 1.97. The van der Waals surface area contributed by atoms with Crippen LogP contribution < -0.4 is 5.32 Å². The predicted octanol–water partition coefficient (Wildman–Crippen LogP) is 2.12. The first-order valence-electron chi connectivity index (χ1n) is 6.65. The molecule has 1 aromatic rings. The third-order valence-electron chi connectivity index (χ3n) is 3.43. The summed E-state index contributed by atoms with van der Waals surface area (Å²) < 4.78 is 5.06. The molecule has 0 spiro atoms. The normalized spacial score (nSPS) is 21.2. The van der Waals surface area contributed by atoms with Gasteiger partial charge in [-0.3, -0.25) is 19.7 Å². The molecular weight excluding hydrogens is 276 g/mol. The number of carbonyl (C=O) groups is 2. The van der Waals surface area contributed by atoms with Crippen LogP contribution in [-0.2, 0) is 14.3 Å². The van der Waals surface area contributed by atoms with Crippen molar-refractivity contribution < 1.29 is 19.2 Å². The van der Waals surface area contributed by atoms with Gasteiger partial charge in [0, 0.05) is 6.07 Å². The Bertz CT molecular complexity index is 586. The molecule has 1 amide bonds. The van der Waals surface area contributed by atoms with Gasteiger partial charge < -0.3 is 10.1 Å². The van der Waals surface area contributed by atoms with Gasteiger partial charge in [0.1, 0.15) is 5.69 Å². The van der Waals surface area contributed by atoms with Gasteiger partial charge in [0.2, 0.25) is 0 Å². The molecule has 1 aliphatic rings. The molecule has 0 bridgehead atoms. The number of nitro groups is 1. The fraction of sp³-hybridized carbons (Fsp3) is 0.429. The van der Waals surface area contributed by atoms with Gasteiger partial charge in [0.05, 0.1) is 10.8 Å². The van der Waals surface area contributed by atoms with Crippen LogP contribution in [0.15, 0.2) is 24.3 Å². The van der Waals surface area contributed by atoms with Crippen molar-refractivity contribution in [3.8, 4) is 0 Å². The van der Waals surface area contributed by atoms with E-state index in [0.717, 1.165) is 6.42 Å². The van der Waals surface area contributed by atoms with Crippen LogP contribution in [0.2, 0.25) is 0 Å². The summed E-state index contributed by atoms with van der Waals surface area (Å²) in [4.78, 5) is 33.9. The zero-order chi connectivity index (χ0) is 15.6. The summed E-state index contributed by atoms with van der Waals surface area (Å²) in [6.07, 6.45) is -0.220. The summed E-state index contributed by atoms with van der Waals surface area (Å²) in [7, 11) is 0. The van der Waals surface area contributed by atoms with Gasteiger partial charge in [-0.2, -0.15) is 0 Å². The van der Waals surface area contributed by atoms with Crippen LogP contribution in [0.3, 0.4) is 0 Å². The van der Waals surface area contributed by atoms with Crippen molar-refractivity contribution in [2.24, 2.45) is 11.8 Å². The van der Waals surface area contributed by atoms with E-state index in [1.54, 1.807) is 6.07 Å². The highest BCUT2D eigenvalue weighted by Crippen LogP contribution is 2.38. The van der Waals surface area contributed by atoms with Crippen molar-refractivity contribution in [1.29, 1.82) is 0 Å². The molecule has 0 aliphatic heterocycles. The third kappa shape index (κ3) is 3.56. The Labute approximate surface area is 121 Å². The number of carbonyl (C=O) groups excluding carboxylic acids is 2. The molecule has 1 saturated carbocycles. The number of amides is 1. The summed E-state index contributed by atoms with van der Waals surface area (Å²) in [6.45, 7) is 3.37. The zero-order valence-corrected chi connectivity index (χ0v) is 11.7. The lowest BCUT2D eigenvalue weighted by Crippen LogP contribution is -2.30. The molecule has 0 radical (unpaired) electrons. The smallest absolute Gasteiger partial charge is 0.309 e. The Hall–Kier alpha value is -2.44. The number of para-hydroxylation sites is 2. The fourth-order valence-electron chi connectivity index (χ4n) is 1.94. The van der Waals surface area contributed by atoms with E-state index in [4.69, 9.17) is 4.74 Å². The largest absolute Gasteiger partial charge is 0.452 e. The molecule has 0 saturated heterocycles. The lowest BCUT2D eigenvalue weighted by molar-refractivity contribution is -0.383. The number of hydrogen-bond donors (Lipinski definition) is 1. The molecule has 2 rings (SSSR count). The maximum Gasteiger partial charge on any atom is 0.309 e. The van der Waals surface area contributed by atoms with Gasteiger partial charge in [-0.1, -0.05) is 19.1 Å². The van der Waals surface area contributed by atoms with Crippen LogP contribution in [0.4, 0.5) is 11.4 Å². The van der Waals surface area contributed by atoms with E-state index in [-0.39, 0.29) is 17.3 Å². The molecule has 7 nitrogen and oxygen atoms in total. The number of benzene rings is 1. The number of nitro benzene ring substituents is 1. The van der Waals surface area contributed by atoms with E-state index >= 15 is 0 Å². The summed E-state index contributed by atoms with van der Waals surface area (Å²) in [6, 6.07) is 5.79. The standard InChI is InChI=1S/C14H16N2O5/c1-8-7-10(8)14(18)21-9(2)13(17)15-11-5-3-4-6-12(11)16(19)20/h3-6,8-10H,7H2,1-2H3,(H,15,17)/t8-,9-,10-/m0/s1. The molecule has 7 heteroatoms. The minimum absolute atomic E-state index is 0.0789. The lowest BCUT2D eigenvalue weighted by Gasteiger charge is -2.13. The Morgan fingerprint density at radius 2 is 2.05 bits per heavy atom. The SMILES string of the molecule is C[C@H](OC(=O)[C@H]1C[C@@H]1C)C(=O)Nc1ccccc1[N+](=O)[O-]. The van der Waals surface area contributed by atoms with E-state index < -0.39 is 22.9 Å². The minimum atomic E-state index is -0.995. The Kier molecular flexibility index (Phi) is 4.21. The maximum absolute atomic E-state index is 11.9. The second-order valence-electron chi connectivity index (χ2n) is 5.16. The van der Waals surface area contributed by atoms with E-state index in [9.17, 15) is 19.7 Å². The molecule has 0 heterocycles. The molecule has 1 aromatic carbocycles. The van der Waals surface area contributed by atoms with Crippen LogP contribution in [-0.4, -0.2) is 22.9 Å². The molecule has 0 unspecified atom stereocenters. The van der Waals surface area contributed by atoms with Crippen LogP contribution in [0.5, 0.6) is 0 Å². The summed E-state index contributed by atoms with van der Waals surface area (Å²) in [5.41, 5.74) is -0.129. The molecule has 1 aliphatic carbocycles. The van der Waals surface area contributed by atoms with Gasteiger partial charge in [0.15, 0.2) is 6.10 Å². The highest BCUT2D eigenvalue weighted by Gasteiger charge is 2.41. The van der Waals surface area contributed by atoms with Crippen molar-refractivity contribution in [3.63, 3.8) is 0 Å². The monoisotopic (exact) mass is 292 g/mol. The molecule has 3 atom stereocenters. The van der Waals surface area contributed by atoms with E-state index in [1.807, 2.05) is 6.92 Å². The molecular formula is C14H16N2O5. The number of esters is 1. The Morgan fingerprint density at radius 3 is 2.62 bits per heavy atom. The van der Waals surface area contributed by atoms with Gasteiger partial charge in [-0.05, 0) is 25.3 Å². The summed E-state index contributed by atoms with van der Waals surface area (Å²) in [5, 5.41) is 13.3. The average molecular weight is 292 g/mol. The van der Waals surface area contributed by atoms with E-state index in [1.165, 1.54) is 25.1 Å². The number of nitrogens with one attached hydrogen (secondary N) is 1. The van der Waals surface area contributed by atoms with Crippen molar-refractivity contribution in [3.05, 3.63) is 34.4 Å². The first kappa shape index (κ1) is 15.0. The quantitative estimate of drug-likeness (QED) is 0.509. The second-order valence-corrected chi connectivity index (χ2v) is 5.16. The van der Waals surface area contributed by atoms with Crippen molar-refractivity contribution in [1.82, 2.24) is 0 Å². The first-order valence-corrected chi connectivity index (χ1v) is 6.65. The number of anilines is 1. The van der Waals surface area contributed by atoms with Gasteiger partial charge in [0.25, 0.3) is 11.6 Å². The molecule has 112 valence electrons. The maximum atomic E-state index is 11.9. The van der Waals surface area contributed by atoms with Crippen molar-refractivity contribution in [2.45, 2.75) is 26.4 Å². The molecule has 0 aromatic heterocycles. The predicted molar refractivity (Wildman–Crippen MR) is 74.6 cm³/mol. The fourth-order valence-corrected chi connectivity index (χ4v) is 1.94. The summed E-state index contributed by atoms with van der Waals surface area (Å²) >= 11 is 0. The van der Waals surface area contributed by atoms with Crippen molar-refractivity contribution in [2.75, 3.05) is 5.32 Å². The highest BCUT2D eigenvalue weighted by molar-refractivity contribution is 5.97. The van der Waals surface area contributed by atoms with E-state index in [0.29, 0.717) is 5.92 Å². The topological polar surface area (TPSA) is 98.5 Å². The number of hydrogen-bond acceptors (Lipinski definition) is 5. The van der Waals surface area contributed by atoms with Gasteiger partial charge >= 0.3 is 5.97 Å². The Morgan fingerprint density at radius 1 is 1.43 bits per heavy atom. The third-order valence-corrected chi connectivity index (χ3v) is 3.43. The average Bonchev–Trinajstić information content (AvgIpc) is 3.16. The van der Waals surface area contributed by atoms with Crippen LogP contribution in [0, 0.1) is 22.0 Å². The first-order chi connectivity index (χ1) is 9.90.